The lowest BCUT2D eigenvalue weighted by atomic mass is 9.94. The maximum absolute atomic E-state index is 13.3. The van der Waals surface area contributed by atoms with Crippen LogP contribution in [0.1, 0.15) is 62.0 Å². The molecule has 0 spiro atoms. The molecule has 1 aromatic heterocycles. The number of allylic oxidation sites excluding steroid dienone is 1. The largest absolute Gasteiger partial charge is 0.490 e. The Morgan fingerprint density at radius 2 is 2.14 bits per heavy atom. The van der Waals surface area contributed by atoms with Gasteiger partial charge < -0.3 is 24.3 Å². The van der Waals surface area contributed by atoms with Gasteiger partial charge in [0, 0.05) is 18.5 Å². The summed E-state index contributed by atoms with van der Waals surface area (Å²) in [6.45, 7) is 9.68. The van der Waals surface area contributed by atoms with E-state index in [-0.39, 0.29) is 11.3 Å². The quantitative estimate of drug-likeness (QED) is 0.706. The van der Waals surface area contributed by atoms with Crippen LogP contribution in [0.25, 0.3) is 5.76 Å². The van der Waals surface area contributed by atoms with E-state index in [1.807, 2.05) is 27.8 Å². The van der Waals surface area contributed by atoms with Crippen LogP contribution in [0.2, 0.25) is 0 Å². The number of imidazole rings is 1. The van der Waals surface area contributed by atoms with Crippen LogP contribution in [0.3, 0.4) is 0 Å². The molecule has 1 aromatic rings. The number of ether oxygens (including phenoxy) is 2. The second-order valence-electron chi connectivity index (χ2n) is 8.92. The van der Waals surface area contributed by atoms with Gasteiger partial charge in [0.05, 0.1) is 19.0 Å². The SMILES string of the molecule is CNCO[C@@H](NC(=O)c1nc(C2=CCCCO2)n2c1CN(C)CCC2)C(C)(C)C. The molecule has 0 aliphatic carbocycles. The average Bonchev–Trinajstić information content (AvgIpc) is 2.91. The van der Waals surface area contributed by atoms with Gasteiger partial charge in [-0.05, 0) is 46.0 Å². The fourth-order valence-corrected chi connectivity index (χ4v) is 3.67. The Labute approximate surface area is 173 Å². The zero-order valence-electron chi connectivity index (χ0n) is 18.4. The summed E-state index contributed by atoms with van der Waals surface area (Å²) in [4.78, 5) is 20.3. The fraction of sp³-hybridized carbons (Fsp3) is 0.714. The monoisotopic (exact) mass is 405 g/mol. The summed E-state index contributed by atoms with van der Waals surface area (Å²) in [5.74, 6) is 1.35. The summed E-state index contributed by atoms with van der Waals surface area (Å²) >= 11 is 0. The molecule has 1 amide bonds. The first-order valence-electron chi connectivity index (χ1n) is 10.5. The highest BCUT2D eigenvalue weighted by Crippen LogP contribution is 2.27. The number of aromatic nitrogens is 2. The molecular weight excluding hydrogens is 370 g/mol. The predicted molar refractivity (Wildman–Crippen MR) is 112 cm³/mol. The van der Waals surface area contributed by atoms with Crippen LogP contribution < -0.4 is 10.6 Å². The molecule has 0 saturated carbocycles. The van der Waals surface area contributed by atoms with Gasteiger partial charge >= 0.3 is 0 Å². The van der Waals surface area contributed by atoms with E-state index in [1.165, 1.54) is 0 Å². The van der Waals surface area contributed by atoms with E-state index < -0.39 is 6.23 Å². The first-order valence-corrected chi connectivity index (χ1v) is 10.5. The van der Waals surface area contributed by atoms with Crippen molar-refractivity contribution >= 4 is 11.7 Å². The van der Waals surface area contributed by atoms with E-state index in [0.717, 1.165) is 49.6 Å². The fourth-order valence-electron chi connectivity index (χ4n) is 3.67. The summed E-state index contributed by atoms with van der Waals surface area (Å²) in [5.41, 5.74) is 1.15. The lowest BCUT2D eigenvalue weighted by Crippen LogP contribution is -2.47. The molecule has 2 aliphatic heterocycles. The zero-order chi connectivity index (χ0) is 21.0. The Bertz CT molecular complexity index is 750. The van der Waals surface area contributed by atoms with Crippen molar-refractivity contribution in [2.24, 2.45) is 5.41 Å². The summed E-state index contributed by atoms with van der Waals surface area (Å²) in [6, 6.07) is 0. The Balaban J connectivity index is 1.94. The maximum Gasteiger partial charge on any atom is 0.273 e. The maximum atomic E-state index is 13.3. The first-order chi connectivity index (χ1) is 13.8. The molecule has 3 rings (SSSR count). The number of carbonyl (C=O) groups is 1. The molecule has 0 fully saturated rings. The van der Waals surface area contributed by atoms with Crippen LogP contribution in [-0.4, -0.2) is 60.6 Å². The Kier molecular flexibility index (Phi) is 6.97. The third kappa shape index (κ3) is 5.18. The number of hydrogen-bond donors (Lipinski definition) is 2. The topological polar surface area (TPSA) is 80.6 Å². The van der Waals surface area contributed by atoms with E-state index in [0.29, 0.717) is 25.6 Å². The van der Waals surface area contributed by atoms with E-state index in [4.69, 9.17) is 14.5 Å². The number of nitrogens with zero attached hydrogens (tertiary/aromatic N) is 3. The van der Waals surface area contributed by atoms with Gasteiger partial charge in [0.1, 0.15) is 6.23 Å². The molecular formula is C21H35N5O3. The van der Waals surface area contributed by atoms with Crippen molar-refractivity contribution in [2.75, 3.05) is 34.0 Å². The van der Waals surface area contributed by atoms with Gasteiger partial charge in [-0.3, -0.25) is 10.1 Å². The van der Waals surface area contributed by atoms with Crippen molar-refractivity contribution in [2.45, 2.75) is 59.4 Å². The summed E-state index contributed by atoms with van der Waals surface area (Å²) in [5, 5.41) is 6.02. The Morgan fingerprint density at radius 3 is 2.79 bits per heavy atom. The van der Waals surface area contributed by atoms with Crippen molar-refractivity contribution in [1.82, 2.24) is 25.1 Å². The molecule has 162 valence electrons. The average molecular weight is 406 g/mol. The highest BCUT2D eigenvalue weighted by molar-refractivity contribution is 5.94. The van der Waals surface area contributed by atoms with E-state index in [9.17, 15) is 4.79 Å². The number of nitrogens with one attached hydrogen (secondary N) is 2. The summed E-state index contributed by atoms with van der Waals surface area (Å²) in [6.07, 6.45) is 4.66. The van der Waals surface area contributed by atoms with Gasteiger partial charge in [-0.2, -0.15) is 0 Å². The van der Waals surface area contributed by atoms with Crippen molar-refractivity contribution in [3.8, 4) is 0 Å². The first kappa shape index (κ1) is 21.8. The minimum Gasteiger partial charge on any atom is -0.490 e. The third-order valence-electron chi connectivity index (χ3n) is 5.23. The van der Waals surface area contributed by atoms with E-state index in [1.54, 1.807) is 0 Å². The number of fused-ring (bicyclic) bond motifs is 1. The zero-order valence-corrected chi connectivity index (χ0v) is 18.4. The Morgan fingerprint density at radius 1 is 1.34 bits per heavy atom. The van der Waals surface area contributed by atoms with Gasteiger partial charge in [0.15, 0.2) is 17.3 Å². The second kappa shape index (κ2) is 9.28. The standard InChI is InChI=1S/C21H35N5O3/c1-21(2,3)20(29-14-22-4)24-19(27)17-15-13-25(5)10-8-11-26(15)18(23-17)16-9-6-7-12-28-16/h9,20,22H,6-8,10-14H2,1-5H3,(H,24,27)/t20-/m1/s1. The molecule has 2 aliphatic rings. The van der Waals surface area contributed by atoms with Gasteiger partial charge in [-0.25, -0.2) is 4.98 Å². The minimum atomic E-state index is -0.433. The second-order valence-corrected chi connectivity index (χ2v) is 8.92. The van der Waals surface area contributed by atoms with Gasteiger partial charge in [-0.15, -0.1) is 0 Å². The number of carbonyl (C=O) groups excluding carboxylic acids is 1. The molecule has 29 heavy (non-hydrogen) atoms. The van der Waals surface area contributed by atoms with Crippen molar-refractivity contribution < 1.29 is 14.3 Å². The normalized spacial score (nSPS) is 19.0. The van der Waals surface area contributed by atoms with Crippen LogP contribution in [-0.2, 0) is 22.6 Å². The minimum absolute atomic E-state index is 0.206. The number of hydrogen-bond acceptors (Lipinski definition) is 6. The molecule has 2 N–H and O–H groups in total. The highest BCUT2D eigenvalue weighted by atomic mass is 16.5. The molecule has 0 aromatic carbocycles. The van der Waals surface area contributed by atoms with Crippen molar-refractivity contribution in [1.29, 1.82) is 0 Å². The third-order valence-corrected chi connectivity index (χ3v) is 5.23. The van der Waals surface area contributed by atoms with Crippen LogP contribution >= 0.6 is 0 Å². The summed E-state index contributed by atoms with van der Waals surface area (Å²) in [7, 11) is 3.89. The molecule has 1 atom stereocenters. The lowest BCUT2D eigenvalue weighted by Gasteiger charge is -2.31. The van der Waals surface area contributed by atoms with E-state index >= 15 is 0 Å². The Hall–Kier alpha value is -1.90. The molecule has 8 heteroatoms. The molecule has 0 saturated heterocycles. The molecule has 0 bridgehead atoms. The van der Waals surface area contributed by atoms with Crippen LogP contribution in [0.5, 0.6) is 0 Å². The molecule has 0 unspecified atom stereocenters. The van der Waals surface area contributed by atoms with E-state index in [2.05, 4.69) is 33.2 Å². The van der Waals surface area contributed by atoms with Gasteiger partial charge in [0.25, 0.3) is 5.91 Å². The molecule has 8 nitrogen and oxygen atoms in total. The summed E-state index contributed by atoms with van der Waals surface area (Å²) < 4.78 is 13.9. The predicted octanol–water partition coefficient (Wildman–Crippen LogP) is 2.17. The number of amides is 1. The lowest BCUT2D eigenvalue weighted by molar-refractivity contribution is -0.0407. The molecule has 3 heterocycles. The number of rotatable bonds is 6. The van der Waals surface area contributed by atoms with Crippen LogP contribution in [0.4, 0.5) is 0 Å². The highest BCUT2D eigenvalue weighted by Gasteiger charge is 2.32. The van der Waals surface area contributed by atoms with Crippen LogP contribution in [0, 0.1) is 5.41 Å². The smallest absolute Gasteiger partial charge is 0.273 e. The van der Waals surface area contributed by atoms with Crippen molar-refractivity contribution in [3.63, 3.8) is 0 Å². The van der Waals surface area contributed by atoms with Gasteiger partial charge in [-0.1, -0.05) is 20.8 Å². The van der Waals surface area contributed by atoms with Crippen molar-refractivity contribution in [3.05, 3.63) is 23.3 Å². The van der Waals surface area contributed by atoms with Crippen LogP contribution in [0.15, 0.2) is 6.08 Å². The van der Waals surface area contributed by atoms with Gasteiger partial charge in [0.2, 0.25) is 0 Å². The molecule has 0 radical (unpaired) electrons.